The lowest BCUT2D eigenvalue weighted by Gasteiger charge is -2.16. The van der Waals surface area contributed by atoms with Gasteiger partial charge in [-0.3, -0.25) is 4.79 Å². The highest BCUT2D eigenvalue weighted by atomic mass is 16.2. The quantitative estimate of drug-likeness (QED) is 0.651. The van der Waals surface area contributed by atoms with Crippen molar-refractivity contribution in [2.75, 3.05) is 25.5 Å². The molecule has 1 amide bonds. The Morgan fingerprint density at radius 2 is 1.93 bits per heavy atom. The lowest BCUT2D eigenvalue weighted by atomic mass is 10.1. The standard InChI is InChI=1S/C14H15N5.C9H17NO/c1-16-13-6-7-14-17-9-12(19(14)18-13)11-4-2-10(8-15)3-5-11;1-8(2)5-7-10-6-3-4-9(10)11/h2-7,9H,8,15H2,1H3,(H,16,18);8H,3-7H2,1-2H3. The van der Waals surface area contributed by atoms with Crippen LogP contribution in [0.3, 0.4) is 0 Å². The van der Waals surface area contributed by atoms with Gasteiger partial charge in [0.1, 0.15) is 5.82 Å². The van der Waals surface area contributed by atoms with E-state index < -0.39 is 0 Å². The van der Waals surface area contributed by atoms with Crippen molar-refractivity contribution in [3.63, 3.8) is 0 Å². The zero-order valence-corrected chi connectivity index (χ0v) is 18.1. The molecule has 0 spiro atoms. The van der Waals surface area contributed by atoms with Gasteiger partial charge in [0.2, 0.25) is 5.91 Å². The van der Waals surface area contributed by atoms with E-state index in [9.17, 15) is 4.79 Å². The van der Waals surface area contributed by atoms with E-state index in [4.69, 9.17) is 5.73 Å². The molecule has 30 heavy (non-hydrogen) atoms. The van der Waals surface area contributed by atoms with E-state index in [0.29, 0.717) is 18.4 Å². The average molecular weight is 409 g/mol. The molecule has 7 heteroatoms. The minimum absolute atomic E-state index is 0.352. The van der Waals surface area contributed by atoms with Crippen LogP contribution < -0.4 is 11.1 Å². The van der Waals surface area contributed by atoms with E-state index in [1.807, 2.05) is 59.1 Å². The van der Waals surface area contributed by atoms with Crippen molar-refractivity contribution in [2.24, 2.45) is 11.7 Å². The van der Waals surface area contributed by atoms with Crippen molar-refractivity contribution < 1.29 is 4.79 Å². The van der Waals surface area contributed by atoms with Crippen LogP contribution in [0.25, 0.3) is 16.9 Å². The lowest BCUT2D eigenvalue weighted by molar-refractivity contribution is -0.127. The maximum Gasteiger partial charge on any atom is 0.222 e. The first-order valence-electron chi connectivity index (χ1n) is 10.6. The van der Waals surface area contributed by atoms with Gasteiger partial charge < -0.3 is 16.0 Å². The van der Waals surface area contributed by atoms with Gasteiger partial charge >= 0.3 is 0 Å². The normalized spacial score (nSPS) is 13.6. The zero-order valence-electron chi connectivity index (χ0n) is 18.1. The van der Waals surface area contributed by atoms with Gasteiger partial charge in [0.05, 0.1) is 11.9 Å². The Morgan fingerprint density at radius 3 is 2.53 bits per heavy atom. The Balaban J connectivity index is 0.000000199. The lowest BCUT2D eigenvalue weighted by Crippen LogP contribution is -2.26. The largest absolute Gasteiger partial charge is 0.372 e. The fourth-order valence-electron chi connectivity index (χ4n) is 3.37. The van der Waals surface area contributed by atoms with Crippen molar-refractivity contribution >= 4 is 17.4 Å². The van der Waals surface area contributed by atoms with Crippen LogP contribution in [-0.4, -0.2) is 45.5 Å². The number of carbonyl (C=O) groups is 1. The summed E-state index contributed by atoms with van der Waals surface area (Å²) in [6.45, 7) is 6.90. The third kappa shape index (κ3) is 5.36. The summed E-state index contributed by atoms with van der Waals surface area (Å²) in [7, 11) is 1.85. The number of nitrogens with two attached hydrogens (primary N) is 1. The summed E-state index contributed by atoms with van der Waals surface area (Å²) in [4.78, 5) is 17.5. The smallest absolute Gasteiger partial charge is 0.222 e. The predicted molar refractivity (Wildman–Crippen MR) is 121 cm³/mol. The van der Waals surface area contributed by atoms with Crippen LogP contribution in [0.15, 0.2) is 42.6 Å². The Kier molecular flexibility index (Phi) is 7.41. The number of rotatable bonds is 6. The number of nitrogens with zero attached hydrogens (tertiary/aromatic N) is 4. The van der Waals surface area contributed by atoms with E-state index >= 15 is 0 Å². The molecule has 3 N–H and O–H groups in total. The molecule has 2 aromatic heterocycles. The van der Waals surface area contributed by atoms with Crippen LogP contribution in [0.4, 0.5) is 5.82 Å². The molecule has 1 aliphatic heterocycles. The van der Waals surface area contributed by atoms with Crippen molar-refractivity contribution in [1.29, 1.82) is 0 Å². The summed E-state index contributed by atoms with van der Waals surface area (Å²) in [6, 6.07) is 12.0. The third-order valence-corrected chi connectivity index (χ3v) is 5.25. The number of benzene rings is 1. The van der Waals surface area contributed by atoms with E-state index in [0.717, 1.165) is 60.6 Å². The maximum atomic E-state index is 11.1. The fourth-order valence-corrected chi connectivity index (χ4v) is 3.37. The van der Waals surface area contributed by atoms with Crippen LogP contribution >= 0.6 is 0 Å². The molecule has 1 saturated heterocycles. The summed E-state index contributed by atoms with van der Waals surface area (Å²) < 4.78 is 1.84. The molecule has 7 nitrogen and oxygen atoms in total. The second-order valence-electron chi connectivity index (χ2n) is 7.95. The monoisotopic (exact) mass is 408 g/mol. The van der Waals surface area contributed by atoms with Gasteiger partial charge in [0, 0.05) is 38.7 Å². The highest BCUT2D eigenvalue weighted by Gasteiger charge is 2.19. The number of carbonyl (C=O) groups excluding carboxylic acids is 1. The van der Waals surface area contributed by atoms with E-state index in [2.05, 4.69) is 29.2 Å². The molecule has 0 unspecified atom stereocenters. The number of amides is 1. The number of nitrogens with one attached hydrogen (secondary N) is 1. The summed E-state index contributed by atoms with van der Waals surface area (Å²) in [6.07, 6.45) is 4.82. The highest BCUT2D eigenvalue weighted by Crippen LogP contribution is 2.21. The van der Waals surface area contributed by atoms with Crippen molar-refractivity contribution in [2.45, 2.75) is 39.7 Å². The highest BCUT2D eigenvalue weighted by molar-refractivity contribution is 5.78. The second kappa shape index (κ2) is 10.2. The molecule has 0 aliphatic carbocycles. The van der Waals surface area contributed by atoms with Gasteiger partial charge in [0.15, 0.2) is 5.65 Å². The van der Waals surface area contributed by atoms with Gasteiger partial charge in [-0.25, -0.2) is 9.50 Å². The molecule has 0 radical (unpaired) electrons. The number of fused-ring (bicyclic) bond motifs is 1. The van der Waals surface area contributed by atoms with E-state index in [1.165, 1.54) is 0 Å². The van der Waals surface area contributed by atoms with Crippen LogP contribution in [0.1, 0.15) is 38.7 Å². The van der Waals surface area contributed by atoms with Gasteiger partial charge in [-0.1, -0.05) is 38.1 Å². The molecule has 4 rings (SSSR count). The maximum absolute atomic E-state index is 11.1. The number of hydrogen-bond donors (Lipinski definition) is 2. The number of hydrogen-bond acceptors (Lipinski definition) is 5. The first-order valence-corrected chi connectivity index (χ1v) is 10.6. The first-order chi connectivity index (χ1) is 14.5. The van der Waals surface area contributed by atoms with E-state index in [-0.39, 0.29) is 0 Å². The van der Waals surface area contributed by atoms with Gasteiger partial charge in [-0.15, -0.1) is 5.10 Å². The molecule has 160 valence electrons. The van der Waals surface area contributed by atoms with Crippen molar-refractivity contribution in [3.05, 3.63) is 48.2 Å². The molecule has 3 aromatic rings. The summed E-state index contributed by atoms with van der Waals surface area (Å²) in [5, 5.41) is 7.52. The number of aromatic nitrogens is 3. The number of imidazole rings is 1. The van der Waals surface area contributed by atoms with Crippen LogP contribution in [-0.2, 0) is 11.3 Å². The topological polar surface area (TPSA) is 88.5 Å². The Labute approximate surface area is 178 Å². The third-order valence-electron chi connectivity index (χ3n) is 5.25. The van der Waals surface area contributed by atoms with E-state index in [1.54, 1.807) is 0 Å². The Hall–Kier alpha value is -2.93. The van der Waals surface area contributed by atoms with Crippen LogP contribution in [0.5, 0.6) is 0 Å². The summed E-state index contributed by atoms with van der Waals surface area (Å²) in [5.74, 6) is 1.87. The Morgan fingerprint density at radius 1 is 1.17 bits per heavy atom. The van der Waals surface area contributed by atoms with Crippen molar-refractivity contribution in [3.8, 4) is 11.3 Å². The molecule has 1 aromatic carbocycles. The minimum Gasteiger partial charge on any atom is -0.372 e. The molecular formula is C23H32N6O. The molecule has 0 saturated carbocycles. The van der Waals surface area contributed by atoms with Gasteiger partial charge in [-0.2, -0.15) is 0 Å². The summed E-state index contributed by atoms with van der Waals surface area (Å²) >= 11 is 0. The van der Waals surface area contributed by atoms with Gasteiger partial charge in [-0.05, 0) is 36.5 Å². The number of likely N-dealkylation sites (tertiary alicyclic amines) is 1. The predicted octanol–water partition coefficient (Wildman–Crippen LogP) is 3.55. The summed E-state index contributed by atoms with van der Waals surface area (Å²) in [5.41, 5.74) is 9.59. The zero-order chi connectivity index (χ0) is 21.5. The first kappa shape index (κ1) is 21.8. The fraction of sp³-hybridized carbons (Fsp3) is 0.435. The number of anilines is 1. The van der Waals surface area contributed by atoms with Crippen LogP contribution in [0, 0.1) is 5.92 Å². The molecule has 0 bridgehead atoms. The SMILES string of the molecule is CC(C)CCN1CCCC1=O.CNc1ccc2ncc(-c3ccc(CN)cc3)n2n1. The molecule has 1 fully saturated rings. The molecule has 0 atom stereocenters. The Bertz CT molecular complexity index is 963. The minimum atomic E-state index is 0.352. The molecule has 3 heterocycles. The van der Waals surface area contributed by atoms with Crippen molar-refractivity contribution in [1.82, 2.24) is 19.5 Å². The van der Waals surface area contributed by atoms with Gasteiger partial charge in [0.25, 0.3) is 0 Å². The average Bonchev–Trinajstić information content (AvgIpc) is 3.38. The second-order valence-corrected chi connectivity index (χ2v) is 7.95. The molecule has 1 aliphatic rings. The molecular weight excluding hydrogens is 376 g/mol. The van der Waals surface area contributed by atoms with Crippen LogP contribution in [0.2, 0.25) is 0 Å².